The average molecular weight is 383 g/mol. The van der Waals surface area contributed by atoms with Crippen LogP contribution in [0.1, 0.15) is 5.56 Å². The van der Waals surface area contributed by atoms with Crippen LogP contribution in [0.5, 0.6) is 5.75 Å². The van der Waals surface area contributed by atoms with Crippen LogP contribution in [0, 0.1) is 5.82 Å². The van der Waals surface area contributed by atoms with E-state index in [4.69, 9.17) is 16.3 Å². The standard InChI is InChI=1S/C21H16ClFN2O2/c22-17-5-1-3-7-19(17)25-21(26)14-27-16-11-9-15(10-12-16)13-24-20-8-4-2-6-18(20)23/h1-13H,14H2,(H,25,26). The summed E-state index contributed by atoms with van der Waals surface area (Å²) in [5.41, 5.74) is 1.59. The smallest absolute Gasteiger partial charge is 0.262 e. The van der Waals surface area contributed by atoms with E-state index < -0.39 is 0 Å². The van der Waals surface area contributed by atoms with Crippen LogP contribution < -0.4 is 10.1 Å². The Hall–Kier alpha value is -3.18. The molecule has 6 heteroatoms. The minimum absolute atomic E-state index is 0.145. The summed E-state index contributed by atoms with van der Waals surface area (Å²) in [6.07, 6.45) is 1.56. The van der Waals surface area contributed by atoms with Crippen LogP contribution >= 0.6 is 11.6 Å². The minimum Gasteiger partial charge on any atom is -0.484 e. The van der Waals surface area contributed by atoms with Gasteiger partial charge >= 0.3 is 0 Å². The first-order chi connectivity index (χ1) is 13.1. The van der Waals surface area contributed by atoms with Gasteiger partial charge in [0, 0.05) is 6.21 Å². The Morgan fingerprint density at radius 1 is 1.04 bits per heavy atom. The fourth-order valence-corrected chi connectivity index (χ4v) is 2.43. The van der Waals surface area contributed by atoms with Crippen molar-refractivity contribution in [3.8, 4) is 5.75 Å². The van der Waals surface area contributed by atoms with Gasteiger partial charge in [0.1, 0.15) is 11.6 Å². The van der Waals surface area contributed by atoms with Crippen molar-refractivity contribution in [1.29, 1.82) is 0 Å². The van der Waals surface area contributed by atoms with E-state index in [1.54, 1.807) is 72.9 Å². The fraction of sp³-hybridized carbons (Fsp3) is 0.0476. The van der Waals surface area contributed by atoms with E-state index in [9.17, 15) is 9.18 Å². The topological polar surface area (TPSA) is 50.7 Å². The number of anilines is 1. The molecule has 3 aromatic rings. The van der Waals surface area contributed by atoms with Crippen LogP contribution in [-0.4, -0.2) is 18.7 Å². The number of nitrogens with one attached hydrogen (secondary N) is 1. The van der Waals surface area contributed by atoms with Gasteiger partial charge in [0.2, 0.25) is 0 Å². The zero-order chi connectivity index (χ0) is 19.1. The number of ether oxygens (including phenoxy) is 1. The number of aliphatic imine (C=N–C) groups is 1. The molecule has 0 bridgehead atoms. The van der Waals surface area contributed by atoms with Crippen LogP contribution in [-0.2, 0) is 4.79 Å². The van der Waals surface area contributed by atoms with Crippen LogP contribution in [0.3, 0.4) is 0 Å². The minimum atomic E-state index is -0.377. The third-order valence-corrected chi connectivity index (χ3v) is 3.93. The predicted octanol–water partition coefficient (Wildman–Crippen LogP) is 5.25. The van der Waals surface area contributed by atoms with Crippen LogP contribution in [0.15, 0.2) is 77.8 Å². The van der Waals surface area contributed by atoms with Crippen molar-refractivity contribution in [3.05, 3.63) is 89.2 Å². The summed E-state index contributed by atoms with van der Waals surface area (Å²) in [7, 11) is 0. The summed E-state index contributed by atoms with van der Waals surface area (Å²) in [6.45, 7) is -0.145. The molecule has 0 radical (unpaired) electrons. The number of nitrogens with zero attached hydrogens (tertiary/aromatic N) is 1. The highest BCUT2D eigenvalue weighted by Crippen LogP contribution is 2.20. The highest BCUT2D eigenvalue weighted by molar-refractivity contribution is 6.33. The van der Waals surface area contributed by atoms with E-state index in [1.807, 2.05) is 0 Å². The van der Waals surface area contributed by atoms with Gasteiger partial charge in [-0.1, -0.05) is 35.9 Å². The van der Waals surface area contributed by atoms with E-state index in [0.29, 0.717) is 16.5 Å². The lowest BCUT2D eigenvalue weighted by molar-refractivity contribution is -0.118. The van der Waals surface area contributed by atoms with Crippen molar-refractivity contribution in [1.82, 2.24) is 0 Å². The molecule has 0 saturated heterocycles. The number of hydrogen-bond acceptors (Lipinski definition) is 3. The average Bonchev–Trinajstić information content (AvgIpc) is 2.68. The van der Waals surface area contributed by atoms with Gasteiger partial charge in [0.05, 0.1) is 16.4 Å². The van der Waals surface area contributed by atoms with Gasteiger partial charge in [-0.25, -0.2) is 4.39 Å². The van der Waals surface area contributed by atoms with Crippen molar-refractivity contribution in [3.63, 3.8) is 0 Å². The molecule has 136 valence electrons. The molecule has 3 aromatic carbocycles. The van der Waals surface area contributed by atoms with Crippen LogP contribution in [0.2, 0.25) is 5.02 Å². The van der Waals surface area contributed by atoms with Gasteiger partial charge in [0.15, 0.2) is 6.61 Å². The summed E-state index contributed by atoms with van der Waals surface area (Å²) >= 11 is 6.00. The molecule has 0 aliphatic rings. The fourth-order valence-electron chi connectivity index (χ4n) is 2.25. The molecule has 0 aromatic heterocycles. The lowest BCUT2D eigenvalue weighted by Gasteiger charge is -2.08. The first kappa shape index (κ1) is 18.6. The molecule has 27 heavy (non-hydrogen) atoms. The molecule has 1 N–H and O–H groups in total. The number of benzene rings is 3. The zero-order valence-electron chi connectivity index (χ0n) is 14.2. The summed E-state index contributed by atoms with van der Waals surface area (Å²) in [5, 5.41) is 3.15. The number of hydrogen-bond donors (Lipinski definition) is 1. The van der Waals surface area contributed by atoms with Crippen LogP contribution in [0.4, 0.5) is 15.8 Å². The van der Waals surface area contributed by atoms with Gasteiger partial charge in [-0.3, -0.25) is 9.79 Å². The molecule has 0 aliphatic heterocycles. The maximum atomic E-state index is 13.5. The molecule has 1 amide bonds. The van der Waals surface area contributed by atoms with E-state index in [2.05, 4.69) is 10.3 Å². The third-order valence-electron chi connectivity index (χ3n) is 3.60. The lowest BCUT2D eigenvalue weighted by atomic mass is 10.2. The lowest BCUT2D eigenvalue weighted by Crippen LogP contribution is -2.20. The first-order valence-electron chi connectivity index (χ1n) is 8.17. The second-order valence-corrected chi connectivity index (χ2v) is 6.00. The molecular formula is C21H16ClFN2O2. The summed E-state index contributed by atoms with van der Waals surface area (Å²) in [6, 6.07) is 20.2. The van der Waals surface area contributed by atoms with E-state index >= 15 is 0 Å². The number of halogens is 2. The van der Waals surface area contributed by atoms with Gasteiger partial charge < -0.3 is 10.1 Å². The van der Waals surface area contributed by atoms with Gasteiger partial charge in [-0.05, 0) is 54.1 Å². The largest absolute Gasteiger partial charge is 0.484 e. The summed E-state index contributed by atoms with van der Waals surface area (Å²) in [5.74, 6) is -0.154. The number of para-hydroxylation sites is 2. The van der Waals surface area contributed by atoms with E-state index in [-0.39, 0.29) is 24.0 Å². The molecule has 0 spiro atoms. The second kappa shape index (κ2) is 8.96. The molecule has 0 saturated carbocycles. The van der Waals surface area contributed by atoms with Crippen LogP contribution in [0.25, 0.3) is 0 Å². The molecule has 0 aliphatic carbocycles. The van der Waals surface area contributed by atoms with Crippen molar-refractivity contribution >= 4 is 35.1 Å². The SMILES string of the molecule is O=C(COc1ccc(C=Nc2ccccc2F)cc1)Nc1ccccc1Cl. The molecule has 0 heterocycles. The van der Waals surface area contributed by atoms with Gasteiger partial charge in [-0.15, -0.1) is 0 Å². The normalized spacial score (nSPS) is 10.7. The van der Waals surface area contributed by atoms with Crippen molar-refractivity contribution in [2.45, 2.75) is 0 Å². The number of rotatable bonds is 6. The van der Waals surface area contributed by atoms with Crippen molar-refractivity contribution < 1.29 is 13.9 Å². The van der Waals surface area contributed by atoms with Gasteiger partial charge in [-0.2, -0.15) is 0 Å². The van der Waals surface area contributed by atoms with Gasteiger partial charge in [0.25, 0.3) is 5.91 Å². The van der Waals surface area contributed by atoms with Crippen molar-refractivity contribution in [2.24, 2.45) is 4.99 Å². The molecule has 3 rings (SSSR count). The molecule has 0 unspecified atom stereocenters. The Morgan fingerprint density at radius 2 is 1.74 bits per heavy atom. The Morgan fingerprint density at radius 3 is 2.48 bits per heavy atom. The Kier molecular flexibility index (Phi) is 6.18. The third kappa shape index (κ3) is 5.39. The molecular weight excluding hydrogens is 367 g/mol. The molecule has 4 nitrogen and oxygen atoms in total. The summed E-state index contributed by atoms with van der Waals surface area (Å²) < 4.78 is 19.0. The monoisotopic (exact) mass is 382 g/mol. The predicted molar refractivity (Wildman–Crippen MR) is 106 cm³/mol. The zero-order valence-corrected chi connectivity index (χ0v) is 15.0. The number of carbonyl (C=O) groups is 1. The molecule has 0 atom stereocenters. The summed E-state index contributed by atoms with van der Waals surface area (Å²) in [4.78, 5) is 16.1. The Balaban J connectivity index is 1.54. The second-order valence-electron chi connectivity index (χ2n) is 5.60. The first-order valence-corrected chi connectivity index (χ1v) is 8.55. The highest BCUT2D eigenvalue weighted by atomic mass is 35.5. The van der Waals surface area contributed by atoms with E-state index in [1.165, 1.54) is 6.07 Å². The number of carbonyl (C=O) groups excluding carboxylic acids is 1. The molecule has 0 fully saturated rings. The maximum absolute atomic E-state index is 13.5. The number of amides is 1. The van der Waals surface area contributed by atoms with E-state index in [0.717, 1.165) is 5.56 Å². The Labute approximate surface area is 161 Å². The van der Waals surface area contributed by atoms with Crippen molar-refractivity contribution in [2.75, 3.05) is 11.9 Å². The maximum Gasteiger partial charge on any atom is 0.262 e. The highest BCUT2D eigenvalue weighted by Gasteiger charge is 2.06. The Bertz CT molecular complexity index is 958. The quantitative estimate of drug-likeness (QED) is 0.592.